The second kappa shape index (κ2) is 15.6. The van der Waals surface area contributed by atoms with Crippen molar-refractivity contribution in [1.29, 1.82) is 0 Å². The van der Waals surface area contributed by atoms with Crippen LogP contribution in [0.4, 0.5) is 0 Å². The fourth-order valence-corrected chi connectivity index (χ4v) is 0.508. The minimum absolute atomic E-state index is 1.52. The summed E-state index contributed by atoms with van der Waals surface area (Å²) in [6.45, 7) is 5.97. The number of thioether (sulfide) groups is 1. The largest absolute Gasteiger partial charge is 0.404 e. The first-order chi connectivity index (χ1) is 4.41. The molecule has 0 aromatic heterocycles. The van der Waals surface area contributed by atoms with Gasteiger partial charge in [0.05, 0.1) is 0 Å². The molecule has 0 aliphatic heterocycles. The number of hydrogen-bond acceptors (Lipinski definition) is 2. The topological polar surface area (TPSA) is 26.0 Å². The van der Waals surface area contributed by atoms with Crippen molar-refractivity contribution in [3.8, 4) is 0 Å². The smallest absolute Gasteiger partial charge is 0.000523 e. The fourth-order valence-electron chi connectivity index (χ4n) is 0.169. The molecule has 0 fully saturated rings. The van der Waals surface area contributed by atoms with Gasteiger partial charge in [0.2, 0.25) is 0 Å². The Balaban J connectivity index is 0. The van der Waals surface area contributed by atoms with Gasteiger partial charge in [-0.25, -0.2) is 0 Å². The van der Waals surface area contributed by atoms with Crippen LogP contribution in [0.15, 0.2) is 23.1 Å². The lowest BCUT2D eigenvalue weighted by molar-refractivity contribution is 1.50. The van der Waals surface area contributed by atoms with Gasteiger partial charge in [-0.3, -0.25) is 0 Å². The Hall–Kier alpha value is -0.370. The van der Waals surface area contributed by atoms with E-state index in [2.05, 4.69) is 0 Å². The fraction of sp³-hybridized carbons (Fsp3) is 0.429. The van der Waals surface area contributed by atoms with Gasteiger partial charge in [-0.2, -0.15) is 0 Å². The quantitative estimate of drug-likeness (QED) is 0.646. The monoisotopic (exact) mass is 145 g/mol. The van der Waals surface area contributed by atoms with Crippen molar-refractivity contribution in [2.45, 2.75) is 20.8 Å². The second-order valence-electron chi connectivity index (χ2n) is 0.934. The zero-order valence-electron chi connectivity index (χ0n) is 6.29. The lowest BCUT2D eigenvalue weighted by Gasteiger charge is -1.73. The summed E-state index contributed by atoms with van der Waals surface area (Å²) in [6, 6.07) is 0. The highest BCUT2D eigenvalue weighted by Crippen LogP contribution is 2.00. The molecule has 0 atom stereocenters. The SMILES string of the molecule is C/C=C/S/C=C\N.CC. The van der Waals surface area contributed by atoms with Crippen LogP contribution in [-0.4, -0.2) is 0 Å². The summed E-state index contributed by atoms with van der Waals surface area (Å²) in [5.41, 5.74) is 5.03. The Bertz CT molecular complexity index is 67.0. The molecule has 0 radical (unpaired) electrons. The first-order valence-electron chi connectivity index (χ1n) is 3.05. The highest BCUT2D eigenvalue weighted by Gasteiger charge is 1.61. The average Bonchev–Trinajstić information content (AvgIpc) is 1.94. The van der Waals surface area contributed by atoms with Crippen molar-refractivity contribution in [2.75, 3.05) is 0 Å². The van der Waals surface area contributed by atoms with Gasteiger partial charge in [-0.1, -0.05) is 19.9 Å². The first-order valence-corrected chi connectivity index (χ1v) is 3.99. The minimum Gasteiger partial charge on any atom is -0.404 e. The zero-order chi connectivity index (χ0) is 7.54. The maximum atomic E-state index is 5.03. The van der Waals surface area contributed by atoms with Crippen molar-refractivity contribution in [2.24, 2.45) is 5.73 Å². The van der Waals surface area contributed by atoms with Crippen LogP contribution in [0.3, 0.4) is 0 Å². The average molecular weight is 145 g/mol. The van der Waals surface area contributed by atoms with E-state index in [4.69, 9.17) is 5.73 Å². The number of hydrogen-bond donors (Lipinski definition) is 1. The predicted molar refractivity (Wildman–Crippen MR) is 47.1 cm³/mol. The van der Waals surface area contributed by atoms with Crippen LogP contribution in [0.2, 0.25) is 0 Å². The number of rotatable bonds is 2. The lowest BCUT2D eigenvalue weighted by atomic mass is 10.8. The summed E-state index contributed by atoms with van der Waals surface area (Å²) in [4.78, 5) is 0. The summed E-state index contributed by atoms with van der Waals surface area (Å²) in [6.07, 6.45) is 3.48. The standard InChI is InChI=1S/C5H9NS.C2H6/c1-2-4-7-5-3-6;1-2/h2-5H,6H2,1H3;1-2H3/b4-2+,5-3-;. The predicted octanol–water partition coefficient (Wildman–Crippen LogP) is 2.71. The number of allylic oxidation sites excluding steroid dienone is 1. The van der Waals surface area contributed by atoms with E-state index in [0.717, 1.165) is 0 Å². The van der Waals surface area contributed by atoms with Crippen LogP contribution in [0.1, 0.15) is 20.8 Å². The molecule has 0 saturated carbocycles. The third kappa shape index (κ3) is 18.4. The molecule has 0 aromatic carbocycles. The van der Waals surface area contributed by atoms with Gasteiger partial charge in [-0.15, -0.1) is 11.8 Å². The third-order valence-electron chi connectivity index (χ3n) is 0.372. The highest BCUT2D eigenvalue weighted by atomic mass is 32.2. The Morgan fingerprint density at radius 1 is 1.22 bits per heavy atom. The van der Waals surface area contributed by atoms with Crippen LogP contribution >= 0.6 is 11.8 Å². The van der Waals surface area contributed by atoms with Crippen molar-refractivity contribution < 1.29 is 0 Å². The second-order valence-corrected chi connectivity index (χ2v) is 1.75. The third-order valence-corrected chi connectivity index (χ3v) is 1.12. The molecule has 0 unspecified atom stereocenters. The summed E-state index contributed by atoms with van der Waals surface area (Å²) in [7, 11) is 0. The van der Waals surface area contributed by atoms with E-state index in [-0.39, 0.29) is 0 Å². The van der Waals surface area contributed by atoms with Gasteiger partial charge in [0.25, 0.3) is 0 Å². The zero-order valence-corrected chi connectivity index (χ0v) is 7.11. The van der Waals surface area contributed by atoms with Gasteiger partial charge in [0, 0.05) is 6.20 Å². The molecule has 54 valence electrons. The van der Waals surface area contributed by atoms with E-state index >= 15 is 0 Å². The van der Waals surface area contributed by atoms with E-state index < -0.39 is 0 Å². The molecule has 0 aliphatic carbocycles. The van der Waals surface area contributed by atoms with Crippen molar-refractivity contribution in [1.82, 2.24) is 0 Å². The van der Waals surface area contributed by atoms with E-state index in [1.807, 2.05) is 37.7 Å². The van der Waals surface area contributed by atoms with E-state index in [1.54, 1.807) is 11.8 Å². The Kier molecular flexibility index (Phi) is 19.9. The summed E-state index contributed by atoms with van der Waals surface area (Å²) >= 11 is 1.57. The van der Waals surface area contributed by atoms with E-state index in [9.17, 15) is 0 Å². The molecule has 0 amide bonds. The summed E-state index contributed by atoms with van der Waals surface area (Å²) < 4.78 is 0. The molecule has 0 aliphatic rings. The normalized spacial score (nSPS) is 9.67. The minimum atomic E-state index is 1.52. The summed E-state index contributed by atoms with van der Waals surface area (Å²) in [5.74, 6) is 0. The lowest BCUT2D eigenvalue weighted by Crippen LogP contribution is -1.70. The van der Waals surface area contributed by atoms with Crippen molar-refractivity contribution >= 4 is 11.8 Å². The van der Waals surface area contributed by atoms with Gasteiger partial charge in [-0.05, 0) is 17.7 Å². The molecule has 2 N–H and O–H groups in total. The molecular weight excluding hydrogens is 130 g/mol. The van der Waals surface area contributed by atoms with Crippen LogP contribution in [0.25, 0.3) is 0 Å². The van der Waals surface area contributed by atoms with Crippen LogP contribution in [0.5, 0.6) is 0 Å². The highest BCUT2D eigenvalue weighted by molar-refractivity contribution is 8.04. The van der Waals surface area contributed by atoms with Crippen LogP contribution in [-0.2, 0) is 0 Å². The molecule has 0 rings (SSSR count). The molecule has 0 aromatic rings. The van der Waals surface area contributed by atoms with Crippen LogP contribution in [0, 0.1) is 0 Å². The maximum Gasteiger partial charge on any atom is 0.000523 e. The van der Waals surface area contributed by atoms with Gasteiger partial charge in [0.15, 0.2) is 0 Å². The molecule has 0 bridgehead atoms. The molecule has 0 saturated heterocycles. The van der Waals surface area contributed by atoms with Crippen molar-refractivity contribution in [3.05, 3.63) is 23.1 Å². The molecular formula is C7H15NS. The van der Waals surface area contributed by atoms with Gasteiger partial charge in [0.1, 0.15) is 0 Å². The Labute approximate surface area is 62.0 Å². The van der Waals surface area contributed by atoms with E-state index in [0.29, 0.717) is 0 Å². The Morgan fingerprint density at radius 2 is 1.78 bits per heavy atom. The van der Waals surface area contributed by atoms with Gasteiger partial charge < -0.3 is 5.73 Å². The number of nitrogens with two attached hydrogens (primary N) is 1. The molecule has 9 heavy (non-hydrogen) atoms. The maximum absolute atomic E-state index is 5.03. The Morgan fingerprint density at radius 3 is 2.11 bits per heavy atom. The first kappa shape index (κ1) is 11.4. The van der Waals surface area contributed by atoms with Gasteiger partial charge >= 0.3 is 0 Å². The molecule has 2 heteroatoms. The molecule has 1 nitrogen and oxygen atoms in total. The summed E-state index contributed by atoms with van der Waals surface area (Å²) in [5, 5.41) is 3.78. The van der Waals surface area contributed by atoms with Crippen LogP contribution < -0.4 is 5.73 Å². The van der Waals surface area contributed by atoms with Crippen molar-refractivity contribution in [3.63, 3.8) is 0 Å². The van der Waals surface area contributed by atoms with E-state index in [1.165, 1.54) is 6.20 Å². The molecule has 0 heterocycles. The molecule has 0 spiro atoms.